The predicted molar refractivity (Wildman–Crippen MR) is 82.3 cm³/mol. The van der Waals surface area contributed by atoms with E-state index in [0.29, 0.717) is 0 Å². The smallest absolute Gasteiger partial charge is 0.261 e. The van der Waals surface area contributed by atoms with Crippen LogP contribution >= 0.6 is 0 Å². The number of H-pyrrole nitrogens is 1. The number of benzene rings is 1. The molecule has 108 valence electrons. The van der Waals surface area contributed by atoms with Crippen LogP contribution in [0.25, 0.3) is 11.3 Å². The zero-order chi connectivity index (χ0) is 14.7. The molecule has 21 heavy (non-hydrogen) atoms. The zero-order valence-corrected chi connectivity index (χ0v) is 11.8. The van der Waals surface area contributed by atoms with Crippen LogP contribution in [0.4, 0.5) is 0 Å². The number of aromatic amines is 1. The summed E-state index contributed by atoms with van der Waals surface area (Å²) in [6.45, 7) is 1.50. The molecule has 1 aliphatic rings. The maximum absolute atomic E-state index is 12.4. The number of likely N-dealkylation sites (tertiary alicyclic amines) is 1. The van der Waals surface area contributed by atoms with Crippen molar-refractivity contribution in [2.24, 2.45) is 0 Å². The number of rotatable bonds is 2. The Labute approximate surface area is 123 Å². The van der Waals surface area contributed by atoms with Gasteiger partial charge in [0.2, 0.25) is 0 Å². The summed E-state index contributed by atoms with van der Waals surface area (Å²) in [6.07, 6.45) is 3.20. The molecule has 1 aliphatic heterocycles. The summed E-state index contributed by atoms with van der Waals surface area (Å²) in [6, 6.07) is 13.1. The van der Waals surface area contributed by atoms with Crippen molar-refractivity contribution in [3.8, 4) is 11.3 Å². The molecule has 0 spiro atoms. The van der Waals surface area contributed by atoms with Gasteiger partial charge in [-0.15, -0.1) is 0 Å². The number of nitrogens with zero attached hydrogens (tertiary/aromatic N) is 1. The van der Waals surface area contributed by atoms with Crippen molar-refractivity contribution < 1.29 is 4.79 Å². The summed E-state index contributed by atoms with van der Waals surface area (Å²) < 4.78 is 0. The lowest BCUT2D eigenvalue weighted by Gasteiger charge is -2.26. The number of amides is 1. The van der Waals surface area contributed by atoms with Crippen LogP contribution in [-0.4, -0.2) is 28.9 Å². The average Bonchev–Trinajstić information content (AvgIpc) is 2.56. The third-order valence-corrected chi connectivity index (χ3v) is 3.87. The van der Waals surface area contributed by atoms with Gasteiger partial charge in [0, 0.05) is 18.8 Å². The second-order valence-electron chi connectivity index (χ2n) is 5.33. The normalized spacial score (nSPS) is 15.0. The van der Waals surface area contributed by atoms with Gasteiger partial charge in [-0.1, -0.05) is 30.3 Å². The summed E-state index contributed by atoms with van der Waals surface area (Å²) in [4.78, 5) is 29.2. The molecule has 0 atom stereocenters. The lowest BCUT2D eigenvalue weighted by molar-refractivity contribution is 0.0722. The van der Waals surface area contributed by atoms with Gasteiger partial charge in [-0.25, -0.2) is 0 Å². The van der Waals surface area contributed by atoms with E-state index in [1.165, 1.54) is 0 Å². The molecule has 2 aromatic rings. The molecule has 1 N–H and O–H groups in total. The van der Waals surface area contributed by atoms with Crippen molar-refractivity contribution >= 4 is 5.91 Å². The monoisotopic (exact) mass is 282 g/mol. The number of nitrogens with one attached hydrogen (secondary N) is 1. The quantitative estimate of drug-likeness (QED) is 0.920. The van der Waals surface area contributed by atoms with Gasteiger partial charge in [0.05, 0.1) is 0 Å². The minimum Gasteiger partial charge on any atom is -0.338 e. The second-order valence-corrected chi connectivity index (χ2v) is 5.33. The van der Waals surface area contributed by atoms with E-state index in [0.717, 1.165) is 43.6 Å². The molecule has 4 nitrogen and oxygen atoms in total. The number of hydrogen-bond donors (Lipinski definition) is 1. The molecule has 2 heterocycles. The van der Waals surface area contributed by atoms with Crippen LogP contribution in [0.1, 0.15) is 29.6 Å². The fourth-order valence-electron chi connectivity index (χ4n) is 2.70. The minimum atomic E-state index is -0.313. The minimum absolute atomic E-state index is 0.157. The van der Waals surface area contributed by atoms with Crippen LogP contribution in [0.5, 0.6) is 0 Å². The number of aromatic nitrogens is 1. The molecule has 3 rings (SSSR count). The second kappa shape index (κ2) is 5.95. The van der Waals surface area contributed by atoms with Crippen molar-refractivity contribution in [2.45, 2.75) is 19.3 Å². The van der Waals surface area contributed by atoms with Gasteiger partial charge in [0.15, 0.2) is 0 Å². The first-order chi connectivity index (χ1) is 10.3. The van der Waals surface area contributed by atoms with E-state index in [1.54, 1.807) is 17.0 Å². The Hall–Kier alpha value is -2.36. The Bertz CT molecular complexity index is 685. The van der Waals surface area contributed by atoms with Crippen molar-refractivity contribution in [3.05, 3.63) is 58.4 Å². The van der Waals surface area contributed by atoms with Crippen LogP contribution in [0.15, 0.2) is 47.3 Å². The highest BCUT2D eigenvalue weighted by molar-refractivity contribution is 5.94. The van der Waals surface area contributed by atoms with Gasteiger partial charge in [-0.2, -0.15) is 0 Å². The number of pyridine rings is 1. The molecule has 0 radical (unpaired) electrons. The van der Waals surface area contributed by atoms with Gasteiger partial charge >= 0.3 is 0 Å². The molecular weight excluding hydrogens is 264 g/mol. The van der Waals surface area contributed by atoms with E-state index >= 15 is 0 Å². The summed E-state index contributed by atoms with van der Waals surface area (Å²) in [5.41, 5.74) is 1.59. The third-order valence-electron chi connectivity index (χ3n) is 3.87. The van der Waals surface area contributed by atoms with Crippen molar-refractivity contribution in [3.63, 3.8) is 0 Å². The number of carbonyl (C=O) groups is 1. The van der Waals surface area contributed by atoms with Gasteiger partial charge in [0.1, 0.15) is 5.56 Å². The number of hydrogen-bond acceptors (Lipinski definition) is 2. The lowest BCUT2D eigenvalue weighted by atomic mass is 10.1. The predicted octanol–water partition coefficient (Wildman–Crippen LogP) is 2.67. The Morgan fingerprint density at radius 3 is 2.33 bits per heavy atom. The van der Waals surface area contributed by atoms with Gasteiger partial charge in [0.25, 0.3) is 11.5 Å². The highest BCUT2D eigenvalue weighted by Crippen LogP contribution is 2.16. The van der Waals surface area contributed by atoms with E-state index in [4.69, 9.17) is 0 Å². The topological polar surface area (TPSA) is 53.2 Å². The maximum atomic E-state index is 12.4. The van der Waals surface area contributed by atoms with E-state index < -0.39 is 0 Å². The van der Waals surface area contributed by atoms with Crippen LogP contribution < -0.4 is 5.56 Å². The van der Waals surface area contributed by atoms with Crippen molar-refractivity contribution in [2.75, 3.05) is 13.1 Å². The maximum Gasteiger partial charge on any atom is 0.261 e. The first kappa shape index (κ1) is 13.6. The van der Waals surface area contributed by atoms with E-state index in [9.17, 15) is 9.59 Å². The third kappa shape index (κ3) is 2.89. The zero-order valence-electron chi connectivity index (χ0n) is 11.8. The summed E-state index contributed by atoms with van der Waals surface area (Å²) in [5, 5.41) is 0. The van der Waals surface area contributed by atoms with E-state index in [-0.39, 0.29) is 17.0 Å². The lowest BCUT2D eigenvalue weighted by Crippen LogP contribution is -2.38. The Morgan fingerprint density at radius 2 is 1.67 bits per heavy atom. The van der Waals surface area contributed by atoms with E-state index in [2.05, 4.69) is 4.98 Å². The molecule has 4 heteroatoms. The first-order valence-electron chi connectivity index (χ1n) is 7.34. The van der Waals surface area contributed by atoms with Crippen LogP contribution in [-0.2, 0) is 0 Å². The standard InChI is InChI=1S/C17H18N2O2/c20-16-14(17(21)19-11-5-2-6-12-19)9-10-15(18-16)13-7-3-1-4-8-13/h1,3-4,7-10H,2,5-6,11-12H2,(H,18,20). The van der Waals surface area contributed by atoms with E-state index in [1.807, 2.05) is 30.3 Å². The SMILES string of the molecule is O=C(c1ccc(-c2ccccc2)[nH]c1=O)N1CCCCC1. The summed E-state index contributed by atoms with van der Waals surface area (Å²) in [5.74, 6) is -0.157. The van der Waals surface area contributed by atoms with Gasteiger partial charge < -0.3 is 9.88 Å². The highest BCUT2D eigenvalue weighted by Gasteiger charge is 2.20. The highest BCUT2D eigenvalue weighted by atomic mass is 16.2. The molecule has 1 amide bonds. The van der Waals surface area contributed by atoms with Crippen LogP contribution in [0.2, 0.25) is 0 Å². The fourth-order valence-corrected chi connectivity index (χ4v) is 2.70. The largest absolute Gasteiger partial charge is 0.338 e. The summed E-state index contributed by atoms with van der Waals surface area (Å²) >= 11 is 0. The number of carbonyl (C=O) groups excluding carboxylic acids is 1. The first-order valence-corrected chi connectivity index (χ1v) is 7.34. The molecular formula is C17H18N2O2. The van der Waals surface area contributed by atoms with Gasteiger partial charge in [-0.3, -0.25) is 9.59 Å². The Morgan fingerprint density at radius 1 is 0.952 bits per heavy atom. The van der Waals surface area contributed by atoms with Crippen molar-refractivity contribution in [1.82, 2.24) is 9.88 Å². The van der Waals surface area contributed by atoms with Crippen molar-refractivity contribution in [1.29, 1.82) is 0 Å². The fraction of sp³-hybridized carbons (Fsp3) is 0.294. The van der Waals surface area contributed by atoms with Crippen LogP contribution in [0, 0.1) is 0 Å². The Balaban J connectivity index is 1.88. The average molecular weight is 282 g/mol. The molecule has 1 aromatic heterocycles. The summed E-state index contributed by atoms with van der Waals surface area (Å²) in [7, 11) is 0. The molecule has 0 saturated carbocycles. The molecule has 0 bridgehead atoms. The van der Waals surface area contributed by atoms with Crippen LogP contribution in [0.3, 0.4) is 0 Å². The Kier molecular flexibility index (Phi) is 3.86. The molecule has 0 unspecified atom stereocenters. The molecule has 1 fully saturated rings. The molecule has 0 aliphatic carbocycles. The number of piperidine rings is 1. The van der Waals surface area contributed by atoms with Gasteiger partial charge in [-0.05, 0) is 37.0 Å². The molecule has 1 saturated heterocycles. The molecule has 1 aromatic carbocycles.